The van der Waals surface area contributed by atoms with E-state index in [0.29, 0.717) is 0 Å². The average molecular weight is 406 g/mol. The van der Waals surface area contributed by atoms with E-state index in [1.807, 2.05) is 0 Å². The number of rotatable bonds is 7. The maximum Gasteiger partial charge on any atom is 0.339 e. The third kappa shape index (κ3) is 4.55. The molecule has 0 aliphatic rings. The summed E-state index contributed by atoms with van der Waals surface area (Å²) < 4.78 is 39.8. The number of Topliss-reactive ketones (excluding diaryl/α,β-unsaturated/α-hetero) is 1. The monoisotopic (exact) mass is 406 g/mol. The molecule has 0 saturated heterocycles. The zero-order chi connectivity index (χ0) is 20.9. The van der Waals surface area contributed by atoms with E-state index in [2.05, 4.69) is 9.47 Å². The van der Waals surface area contributed by atoms with Crippen LogP contribution in [0.4, 0.5) is 0 Å². The number of ketones is 1. The molecule has 0 unspecified atom stereocenters. The highest BCUT2D eigenvalue weighted by Gasteiger charge is 2.24. The Labute approximate surface area is 162 Å². The van der Waals surface area contributed by atoms with Crippen molar-refractivity contribution in [2.24, 2.45) is 0 Å². The van der Waals surface area contributed by atoms with Gasteiger partial charge in [-0.05, 0) is 30.3 Å². The second-order valence-corrected chi connectivity index (χ2v) is 7.09. The van der Waals surface area contributed by atoms with Crippen molar-refractivity contribution < 1.29 is 36.5 Å². The van der Waals surface area contributed by atoms with Gasteiger partial charge >= 0.3 is 22.1 Å². The third-order valence-corrected chi connectivity index (χ3v) is 4.96. The van der Waals surface area contributed by atoms with Gasteiger partial charge in [0.25, 0.3) is 0 Å². The molecule has 28 heavy (non-hydrogen) atoms. The van der Waals surface area contributed by atoms with E-state index in [0.717, 1.165) is 32.4 Å². The van der Waals surface area contributed by atoms with Gasteiger partial charge in [-0.1, -0.05) is 19.1 Å². The summed E-state index contributed by atoms with van der Waals surface area (Å²) in [5.74, 6) is -2.14. The minimum absolute atomic E-state index is 0.103. The van der Waals surface area contributed by atoms with Gasteiger partial charge in [0.05, 0.1) is 30.9 Å². The van der Waals surface area contributed by atoms with Gasteiger partial charge in [-0.2, -0.15) is 8.42 Å². The van der Waals surface area contributed by atoms with Gasteiger partial charge in [-0.15, -0.1) is 0 Å². The molecule has 2 aromatic carbocycles. The second kappa shape index (κ2) is 8.66. The first kappa shape index (κ1) is 21.1. The molecular weight excluding hydrogens is 388 g/mol. The van der Waals surface area contributed by atoms with Crippen molar-refractivity contribution in [3.8, 4) is 5.75 Å². The van der Waals surface area contributed by atoms with Crippen LogP contribution in [0.1, 0.15) is 44.4 Å². The molecule has 0 aliphatic heterocycles. The number of methoxy groups -OCH3 is 2. The van der Waals surface area contributed by atoms with Crippen LogP contribution >= 0.6 is 0 Å². The molecule has 0 saturated carbocycles. The number of carbonyl (C=O) groups is 3. The molecule has 148 valence electrons. The van der Waals surface area contributed by atoms with E-state index in [9.17, 15) is 22.8 Å². The Kier molecular flexibility index (Phi) is 6.53. The van der Waals surface area contributed by atoms with Gasteiger partial charge in [0.1, 0.15) is 4.90 Å². The quantitative estimate of drug-likeness (QED) is 0.392. The number of esters is 2. The Bertz CT molecular complexity index is 990. The van der Waals surface area contributed by atoms with E-state index in [1.165, 1.54) is 18.2 Å². The van der Waals surface area contributed by atoms with Crippen molar-refractivity contribution in [3.63, 3.8) is 0 Å². The smallest absolute Gasteiger partial charge is 0.339 e. The Morgan fingerprint density at radius 1 is 0.893 bits per heavy atom. The van der Waals surface area contributed by atoms with Crippen LogP contribution < -0.4 is 4.18 Å². The molecule has 0 N–H and O–H groups in total. The minimum atomic E-state index is -4.47. The molecule has 9 heteroatoms. The van der Waals surface area contributed by atoms with E-state index >= 15 is 0 Å². The highest BCUT2D eigenvalue weighted by molar-refractivity contribution is 7.87. The first-order valence-electron chi connectivity index (χ1n) is 8.12. The topological polar surface area (TPSA) is 113 Å². The van der Waals surface area contributed by atoms with Crippen molar-refractivity contribution in [2.45, 2.75) is 18.2 Å². The molecule has 0 amide bonds. The van der Waals surface area contributed by atoms with Crippen molar-refractivity contribution >= 4 is 27.8 Å². The summed E-state index contributed by atoms with van der Waals surface area (Å²) in [6.07, 6.45) is 0.157. The SMILES string of the molecule is CCC(=O)c1ccccc1OS(=O)(=O)c1cc(C(=O)OC)cc(C(=O)OC)c1. The van der Waals surface area contributed by atoms with E-state index < -0.39 is 27.0 Å². The molecular formula is C19H18O8S. The summed E-state index contributed by atoms with van der Waals surface area (Å²) in [5.41, 5.74) is -0.248. The van der Waals surface area contributed by atoms with Crippen LogP contribution in [0.3, 0.4) is 0 Å². The molecule has 0 bridgehead atoms. The van der Waals surface area contributed by atoms with Crippen LogP contribution in [-0.2, 0) is 19.6 Å². The van der Waals surface area contributed by atoms with E-state index in [4.69, 9.17) is 4.18 Å². The predicted octanol–water partition coefficient (Wildman–Crippen LogP) is 2.62. The standard InChI is InChI=1S/C19H18O8S/c1-4-16(20)15-7-5-6-8-17(15)27-28(23,24)14-10-12(18(21)25-2)9-13(11-14)19(22)26-3/h5-11H,4H2,1-3H3. The maximum atomic E-state index is 12.8. The fourth-order valence-electron chi connectivity index (χ4n) is 2.34. The number of hydrogen-bond donors (Lipinski definition) is 0. The fraction of sp³-hybridized carbons (Fsp3) is 0.211. The highest BCUT2D eigenvalue weighted by atomic mass is 32.2. The lowest BCUT2D eigenvalue weighted by atomic mass is 10.1. The summed E-state index contributed by atoms with van der Waals surface area (Å²) in [4.78, 5) is 35.2. The van der Waals surface area contributed by atoms with Crippen LogP contribution in [-0.4, -0.2) is 40.4 Å². The number of benzene rings is 2. The Morgan fingerprint density at radius 2 is 1.43 bits per heavy atom. The zero-order valence-corrected chi connectivity index (χ0v) is 16.2. The first-order valence-corrected chi connectivity index (χ1v) is 9.52. The number of carbonyl (C=O) groups excluding carboxylic acids is 3. The van der Waals surface area contributed by atoms with Gasteiger partial charge in [0.2, 0.25) is 0 Å². The Balaban J connectivity index is 2.55. The molecule has 0 heterocycles. The molecule has 0 radical (unpaired) electrons. The normalized spacial score (nSPS) is 10.8. The van der Waals surface area contributed by atoms with Crippen LogP contribution in [0.25, 0.3) is 0 Å². The van der Waals surface area contributed by atoms with Crippen LogP contribution in [0.5, 0.6) is 5.75 Å². The molecule has 2 aromatic rings. The van der Waals surface area contributed by atoms with Gasteiger partial charge in [-0.3, -0.25) is 4.79 Å². The van der Waals surface area contributed by atoms with E-state index in [1.54, 1.807) is 13.0 Å². The second-order valence-electron chi connectivity index (χ2n) is 5.54. The number of hydrogen-bond acceptors (Lipinski definition) is 8. The summed E-state index contributed by atoms with van der Waals surface area (Å²) in [6.45, 7) is 1.64. The number of ether oxygens (including phenoxy) is 2. The van der Waals surface area contributed by atoms with Gasteiger partial charge in [-0.25, -0.2) is 9.59 Å². The summed E-state index contributed by atoms with van der Waals surface area (Å²) in [5, 5.41) is 0. The van der Waals surface area contributed by atoms with Gasteiger partial charge < -0.3 is 13.7 Å². The zero-order valence-electron chi connectivity index (χ0n) is 15.4. The predicted molar refractivity (Wildman–Crippen MR) is 98.0 cm³/mol. The Morgan fingerprint density at radius 3 is 1.93 bits per heavy atom. The lowest BCUT2D eigenvalue weighted by Gasteiger charge is -2.12. The van der Waals surface area contributed by atoms with Crippen LogP contribution in [0.2, 0.25) is 0 Å². The third-order valence-electron chi connectivity index (χ3n) is 3.75. The molecule has 0 aromatic heterocycles. The summed E-state index contributed by atoms with van der Waals surface area (Å²) in [7, 11) is -2.24. The van der Waals surface area contributed by atoms with Gasteiger partial charge in [0, 0.05) is 6.42 Å². The molecule has 0 atom stereocenters. The number of para-hydroxylation sites is 1. The van der Waals surface area contributed by atoms with Crippen LogP contribution in [0.15, 0.2) is 47.4 Å². The minimum Gasteiger partial charge on any atom is -0.465 e. The average Bonchev–Trinajstić information content (AvgIpc) is 2.71. The fourth-order valence-corrected chi connectivity index (χ4v) is 3.36. The first-order chi connectivity index (χ1) is 13.2. The molecule has 0 fully saturated rings. The molecule has 0 aliphatic carbocycles. The molecule has 0 spiro atoms. The highest BCUT2D eigenvalue weighted by Crippen LogP contribution is 2.25. The van der Waals surface area contributed by atoms with Gasteiger partial charge in [0.15, 0.2) is 11.5 Å². The van der Waals surface area contributed by atoms with Crippen molar-refractivity contribution in [1.82, 2.24) is 0 Å². The lowest BCUT2D eigenvalue weighted by Crippen LogP contribution is -2.15. The molecule has 8 nitrogen and oxygen atoms in total. The molecule has 2 rings (SSSR count). The van der Waals surface area contributed by atoms with Crippen molar-refractivity contribution in [2.75, 3.05) is 14.2 Å². The largest absolute Gasteiger partial charge is 0.465 e. The maximum absolute atomic E-state index is 12.8. The Hall–Kier alpha value is -3.20. The van der Waals surface area contributed by atoms with Crippen LogP contribution in [0, 0.1) is 0 Å². The van der Waals surface area contributed by atoms with E-state index in [-0.39, 0.29) is 34.6 Å². The van der Waals surface area contributed by atoms with Crippen molar-refractivity contribution in [3.05, 3.63) is 59.2 Å². The summed E-state index contributed by atoms with van der Waals surface area (Å²) in [6, 6.07) is 9.05. The van der Waals surface area contributed by atoms with Crippen molar-refractivity contribution in [1.29, 1.82) is 0 Å². The summed E-state index contributed by atoms with van der Waals surface area (Å²) >= 11 is 0. The lowest BCUT2D eigenvalue weighted by molar-refractivity contribution is 0.0598.